The minimum Gasteiger partial charge on any atom is -0.479 e. The number of halogens is 3. The summed E-state index contributed by atoms with van der Waals surface area (Å²) in [5, 5.41) is 13.2. The minimum absolute atomic E-state index is 0.0315. The third-order valence-corrected chi connectivity index (χ3v) is 3.38. The predicted octanol–water partition coefficient (Wildman–Crippen LogP) is 2.14. The van der Waals surface area contributed by atoms with E-state index in [-0.39, 0.29) is 10.6 Å². The van der Waals surface area contributed by atoms with Crippen LogP contribution in [0.1, 0.15) is 17.3 Å². The minimum atomic E-state index is -5.19. The maximum absolute atomic E-state index is 13.0. The number of carbonyl (C=O) groups excluding carboxylic acids is 1. The fourth-order valence-corrected chi connectivity index (χ4v) is 2.30. The van der Waals surface area contributed by atoms with Crippen molar-refractivity contribution in [3.63, 3.8) is 0 Å². The van der Waals surface area contributed by atoms with Crippen molar-refractivity contribution in [3.05, 3.63) is 53.9 Å². The Morgan fingerprint density at radius 2 is 1.88 bits per heavy atom. The van der Waals surface area contributed by atoms with Crippen molar-refractivity contribution in [2.24, 2.45) is 7.05 Å². The van der Waals surface area contributed by atoms with Crippen LogP contribution in [0.15, 0.2) is 42.6 Å². The number of benzene rings is 1. The SMILES string of the molecule is Cn1nccc1C(C(=O)O)N(Cc1ccccc1)C(=O)C(F)(F)F. The van der Waals surface area contributed by atoms with Gasteiger partial charge in [0.2, 0.25) is 0 Å². The molecule has 0 saturated carbocycles. The molecule has 0 aliphatic rings. The normalized spacial score (nSPS) is 12.7. The maximum atomic E-state index is 13.0. The summed E-state index contributed by atoms with van der Waals surface area (Å²) in [6.07, 6.45) is -3.94. The molecule has 9 heteroatoms. The van der Waals surface area contributed by atoms with E-state index in [9.17, 15) is 27.9 Å². The van der Waals surface area contributed by atoms with Crippen LogP contribution in [0.3, 0.4) is 0 Å². The first-order chi connectivity index (χ1) is 11.2. The number of aliphatic carboxylic acids is 1. The monoisotopic (exact) mass is 341 g/mol. The Hall–Kier alpha value is -2.84. The smallest absolute Gasteiger partial charge is 0.471 e. The zero-order chi connectivity index (χ0) is 17.9. The van der Waals surface area contributed by atoms with Gasteiger partial charge in [-0.2, -0.15) is 18.3 Å². The van der Waals surface area contributed by atoms with Crippen molar-refractivity contribution >= 4 is 11.9 Å². The highest BCUT2D eigenvalue weighted by molar-refractivity contribution is 5.87. The van der Waals surface area contributed by atoms with Gasteiger partial charge in [-0.3, -0.25) is 9.48 Å². The number of nitrogens with zero attached hydrogens (tertiary/aromatic N) is 3. The van der Waals surface area contributed by atoms with E-state index in [0.29, 0.717) is 5.56 Å². The van der Waals surface area contributed by atoms with Crippen molar-refractivity contribution in [2.75, 3.05) is 0 Å². The molecule has 1 aromatic heterocycles. The van der Waals surface area contributed by atoms with Crippen molar-refractivity contribution in [3.8, 4) is 0 Å². The van der Waals surface area contributed by atoms with Gasteiger partial charge in [0.1, 0.15) is 0 Å². The molecule has 128 valence electrons. The second-order valence-corrected chi connectivity index (χ2v) is 5.04. The third-order valence-electron chi connectivity index (χ3n) is 3.38. The van der Waals surface area contributed by atoms with Crippen LogP contribution < -0.4 is 0 Å². The molecule has 0 saturated heterocycles. The molecule has 1 unspecified atom stereocenters. The zero-order valence-electron chi connectivity index (χ0n) is 12.6. The quantitative estimate of drug-likeness (QED) is 0.904. The number of carboxylic acids is 1. The number of hydrogen-bond acceptors (Lipinski definition) is 3. The van der Waals surface area contributed by atoms with Gasteiger partial charge in [-0.1, -0.05) is 30.3 Å². The molecule has 1 N–H and O–H groups in total. The van der Waals surface area contributed by atoms with Gasteiger partial charge in [-0.25, -0.2) is 4.79 Å². The lowest BCUT2D eigenvalue weighted by Gasteiger charge is -2.29. The second kappa shape index (κ2) is 6.73. The molecule has 0 spiro atoms. The summed E-state index contributed by atoms with van der Waals surface area (Å²) in [6.45, 7) is -0.499. The molecule has 1 heterocycles. The highest BCUT2D eigenvalue weighted by atomic mass is 19.4. The van der Waals surface area contributed by atoms with Gasteiger partial charge in [0.25, 0.3) is 0 Å². The Balaban J connectivity index is 2.48. The van der Waals surface area contributed by atoms with E-state index >= 15 is 0 Å². The van der Waals surface area contributed by atoms with Crippen LogP contribution in [0.2, 0.25) is 0 Å². The van der Waals surface area contributed by atoms with Gasteiger partial charge >= 0.3 is 18.1 Å². The number of hydrogen-bond donors (Lipinski definition) is 1. The van der Waals surface area contributed by atoms with Crippen molar-refractivity contribution in [1.29, 1.82) is 0 Å². The maximum Gasteiger partial charge on any atom is 0.471 e. The van der Waals surface area contributed by atoms with Crippen molar-refractivity contribution in [2.45, 2.75) is 18.8 Å². The summed E-state index contributed by atoms with van der Waals surface area (Å²) < 4.78 is 40.0. The molecule has 24 heavy (non-hydrogen) atoms. The standard InChI is InChI=1S/C15H14F3N3O3/c1-20-11(7-8-19-20)12(13(22)23)21(14(24)15(16,17)18)9-10-5-3-2-4-6-10/h2-8,12H,9H2,1H3,(H,22,23). The Morgan fingerprint density at radius 1 is 1.25 bits per heavy atom. The van der Waals surface area contributed by atoms with Crippen LogP contribution >= 0.6 is 0 Å². The Morgan fingerprint density at radius 3 is 2.33 bits per heavy atom. The van der Waals surface area contributed by atoms with Crippen LogP contribution in [-0.2, 0) is 23.2 Å². The molecule has 6 nitrogen and oxygen atoms in total. The van der Waals surface area contributed by atoms with E-state index in [1.54, 1.807) is 18.2 Å². The Bertz CT molecular complexity index is 728. The number of amides is 1. The number of carbonyl (C=O) groups is 2. The summed E-state index contributed by atoms with van der Waals surface area (Å²) in [5.74, 6) is -3.80. The molecule has 2 rings (SSSR count). The third kappa shape index (κ3) is 3.73. The first-order valence-corrected chi connectivity index (χ1v) is 6.84. The van der Waals surface area contributed by atoms with E-state index in [0.717, 1.165) is 4.68 Å². The molecule has 1 aromatic carbocycles. The molecule has 0 fully saturated rings. The fraction of sp³-hybridized carbons (Fsp3) is 0.267. The number of aromatic nitrogens is 2. The first kappa shape index (κ1) is 17.5. The lowest BCUT2D eigenvalue weighted by atomic mass is 10.1. The summed E-state index contributed by atoms with van der Waals surface area (Å²) in [6, 6.07) is 7.32. The number of aryl methyl sites for hydroxylation is 1. The summed E-state index contributed by atoms with van der Waals surface area (Å²) in [4.78, 5) is 23.7. The van der Waals surface area contributed by atoms with E-state index in [4.69, 9.17) is 0 Å². The number of rotatable bonds is 5. The fourth-order valence-electron chi connectivity index (χ4n) is 2.30. The van der Waals surface area contributed by atoms with Crippen LogP contribution in [0.25, 0.3) is 0 Å². The highest BCUT2D eigenvalue weighted by Crippen LogP contribution is 2.29. The summed E-state index contributed by atoms with van der Waals surface area (Å²) in [7, 11) is 1.39. The van der Waals surface area contributed by atoms with Gasteiger partial charge in [0, 0.05) is 19.8 Å². The molecule has 0 aliphatic heterocycles. The zero-order valence-corrected chi connectivity index (χ0v) is 12.6. The van der Waals surface area contributed by atoms with Crippen LogP contribution in [0.5, 0.6) is 0 Å². The lowest BCUT2D eigenvalue weighted by molar-refractivity contribution is -0.191. The molecule has 1 amide bonds. The summed E-state index contributed by atoms with van der Waals surface area (Å²) in [5.41, 5.74) is 0.347. The van der Waals surface area contributed by atoms with Gasteiger partial charge in [-0.05, 0) is 11.6 Å². The van der Waals surface area contributed by atoms with Crippen LogP contribution in [0.4, 0.5) is 13.2 Å². The Kier molecular flexibility index (Phi) is 4.91. The average Bonchev–Trinajstić information content (AvgIpc) is 2.91. The van der Waals surface area contributed by atoms with Crippen molar-refractivity contribution < 1.29 is 27.9 Å². The average molecular weight is 341 g/mol. The highest BCUT2D eigenvalue weighted by Gasteiger charge is 2.47. The Labute approximate surface area is 135 Å². The van der Waals surface area contributed by atoms with Crippen molar-refractivity contribution in [1.82, 2.24) is 14.7 Å². The van der Waals surface area contributed by atoms with Gasteiger partial charge in [-0.15, -0.1) is 0 Å². The first-order valence-electron chi connectivity index (χ1n) is 6.84. The number of carboxylic acid groups (broad SMARTS) is 1. The van der Waals surface area contributed by atoms with E-state index in [1.165, 1.54) is 31.4 Å². The van der Waals surface area contributed by atoms with E-state index < -0.39 is 30.6 Å². The molecular weight excluding hydrogens is 327 g/mol. The molecule has 1 atom stereocenters. The van der Waals surface area contributed by atoms with E-state index in [1.807, 2.05) is 0 Å². The molecule has 2 aromatic rings. The van der Waals surface area contributed by atoms with Gasteiger partial charge in [0.05, 0.1) is 5.69 Å². The van der Waals surface area contributed by atoms with Crippen LogP contribution in [-0.4, -0.2) is 37.8 Å². The van der Waals surface area contributed by atoms with Gasteiger partial charge in [0.15, 0.2) is 6.04 Å². The molecular formula is C15H14F3N3O3. The molecule has 0 aliphatic carbocycles. The molecule has 0 radical (unpaired) electrons. The largest absolute Gasteiger partial charge is 0.479 e. The topological polar surface area (TPSA) is 75.4 Å². The van der Waals surface area contributed by atoms with E-state index in [2.05, 4.69) is 5.10 Å². The second-order valence-electron chi connectivity index (χ2n) is 5.04. The summed E-state index contributed by atoms with van der Waals surface area (Å²) >= 11 is 0. The lowest BCUT2D eigenvalue weighted by Crippen LogP contribution is -2.45. The molecule has 0 bridgehead atoms. The number of alkyl halides is 3. The predicted molar refractivity (Wildman–Crippen MR) is 76.6 cm³/mol. The van der Waals surface area contributed by atoms with Crippen LogP contribution in [0, 0.1) is 0 Å². The van der Waals surface area contributed by atoms with Gasteiger partial charge < -0.3 is 10.0 Å².